The first-order valence-electron chi connectivity index (χ1n) is 10.0. The van der Waals surface area contributed by atoms with Crippen LogP contribution in [0.5, 0.6) is 0 Å². The monoisotopic (exact) mass is 465 g/mol. The molecule has 0 saturated heterocycles. The number of fused-ring (bicyclic) bond motifs is 1. The van der Waals surface area contributed by atoms with Crippen molar-refractivity contribution in [2.24, 2.45) is 0 Å². The summed E-state index contributed by atoms with van der Waals surface area (Å²) < 4.78 is 0. The molecule has 0 radical (unpaired) electrons. The molecule has 0 bridgehead atoms. The van der Waals surface area contributed by atoms with Crippen molar-refractivity contribution >= 4 is 34.5 Å². The van der Waals surface area contributed by atoms with Gasteiger partial charge in [0.1, 0.15) is 11.0 Å². The van der Waals surface area contributed by atoms with Crippen LogP contribution in [-0.2, 0) is 11.3 Å². The number of carboxylic acid groups (broad SMARTS) is 1. The van der Waals surface area contributed by atoms with Crippen molar-refractivity contribution in [2.45, 2.75) is 12.6 Å². The minimum atomic E-state index is -1.68. The average Bonchev–Trinajstić information content (AvgIpc) is 3.29. The number of carbonyl (C=O) groups is 2. The zero-order chi connectivity index (χ0) is 23.4. The molecule has 4 rings (SSSR count). The van der Waals surface area contributed by atoms with E-state index < -0.39 is 18.0 Å². The van der Waals surface area contributed by atoms with E-state index >= 15 is 0 Å². The summed E-state index contributed by atoms with van der Waals surface area (Å²) in [6.45, 7) is -0.146. The predicted molar refractivity (Wildman–Crippen MR) is 122 cm³/mol. The highest BCUT2D eigenvalue weighted by Gasteiger charge is 2.21. The van der Waals surface area contributed by atoms with E-state index in [2.05, 4.69) is 20.8 Å². The SMILES string of the molecule is O=C(NN(Cc1ccc(-c2ccccc2)cc1)C[C@H](O)C(=O)O)c1cc(Cl)c2[nH]nnc2c1. The number of halogens is 1. The summed E-state index contributed by atoms with van der Waals surface area (Å²) in [6, 6.07) is 20.5. The molecule has 1 aromatic heterocycles. The molecule has 1 atom stereocenters. The van der Waals surface area contributed by atoms with Crippen LogP contribution >= 0.6 is 11.6 Å². The Morgan fingerprint density at radius 1 is 1.06 bits per heavy atom. The smallest absolute Gasteiger partial charge is 0.333 e. The molecule has 9 nitrogen and oxygen atoms in total. The third-order valence-corrected chi connectivity index (χ3v) is 5.32. The first-order chi connectivity index (χ1) is 15.9. The quantitative estimate of drug-likeness (QED) is 0.294. The van der Waals surface area contributed by atoms with E-state index in [9.17, 15) is 14.7 Å². The van der Waals surface area contributed by atoms with Crippen LogP contribution in [-0.4, -0.2) is 55.2 Å². The summed E-state index contributed by atoms with van der Waals surface area (Å²) in [7, 11) is 0. The first kappa shape index (κ1) is 22.4. The Kier molecular flexibility index (Phi) is 6.64. The standard InChI is InChI=1S/C23H20ClN5O4/c24-18-10-17(11-19-21(18)26-28-25-19)22(31)27-29(13-20(30)23(32)33)12-14-6-8-16(9-7-14)15-4-2-1-3-5-15/h1-11,20,30H,12-13H2,(H,27,31)(H,32,33)(H,25,26,28)/t20-/m0/s1. The topological polar surface area (TPSA) is 131 Å². The Labute approximate surface area is 193 Å². The van der Waals surface area contributed by atoms with Crippen LogP contribution in [0.4, 0.5) is 0 Å². The Morgan fingerprint density at radius 3 is 2.45 bits per heavy atom. The number of aliphatic carboxylic acids is 1. The third kappa shape index (κ3) is 5.35. The first-order valence-corrected chi connectivity index (χ1v) is 10.4. The Balaban J connectivity index is 1.53. The molecule has 1 heterocycles. The number of H-pyrrole nitrogens is 1. The van der Waals surface area contributed by atoms with Gasteiger partial charge in [0, 0.05) is 12.1 Å². The van der Waals surface area contributed by atoms with Crippen LogP contribution in [0, 0.1) is 0 Å². The van der Waals surface area contributed by atoms with E-state index in [1.165, 1.54) is 17.1 Å². The van der Waals surface area contributed by atoms with Gasteiger partial charge in [0.05, 0.1) is 11.6 Å². The van der Waals surface area contributed by atoms with Crippen molar-refractivity contribution < 1.29 is 19.8 Å². The molecule has 0 unspecified atom stereocenters. The van der Waals surface area contributed by atoms with Crippen molar-refractivity contribution in [2.75, 3.05) is 6.54 Å². The highest BCUT2D eigenvalue weighted by atomic mass is 35.5. The summed E-state index contributed by atoms with van der Waals surface area (Å²) >= 11 is 6.18. The van der Waals surface area contributed by atoms with Gasteiger partial charge in [0.25, 0.3) is 5.91 Å². The molecule has 0 aliphatic heterocycles. The molecule has 4 aromatic rings. The van der Waals surface area contributed by atoms with Gasteiger partial charge >= 0.3 is 5.97 Å². The number of hydrazine groups is 1. The molecule has 0 aliphatic carbocycles. The molecule has 0 fully saturated rings. The molecule has 168 valence electrons. The molecule has 1 amide bonds. The van der Waals surface area contributed by atoms with Crippen LogP contribution in [0.1, 0.15) is 15.9 Å². The summed E-state index contributed by atoms with van der Waals surface area (Å²) in [5, 5.41) is 30.8. The van der Waals surface area contributed by atoms with Gasteiger partial charge in [0.15, 0.2) is 6.10 Å². The molecule has 0 aliphatic rings. The second kappa shape index (κ2) is 9.78. The Hall–Kier alpha value is -3.79. The number of aliphatic hydroxyl groups excluding tert-OH is 1. The molecular weight excluding hydrogens is 446 g/mol. The van der Waals surface area contributed by atoms with Gasteiger partial charge < -0.3 is 10.2 Å². The average molecular weight is 466 g/mol. The lowest BCUT2D eigenvalue weighted by molar-refractivity contribution is -0.148. The van der Waals surface area contributed by atoms with Crippen molar-refractivity contribution in [3.05, 3.63) is 82.9 Å². The molecular formula is C23H20ClN5O4. The second-order valence-electron chi connectivity index (χ2n) is 7.40. The number of benzene rings is 3. The van der Waals surface area contributed by atoms with Crippen molar-refractivity contribution in [1.29, 1.82) is 0 Å². The number of amides is 1. The Bertz CT molecular complexity index is 1280. The van der Waals surface area contributed by atoms with Crippen LogP contribution in [0.2, 0.25) is 5.02 Å². The zero-order valence-electron chi connectivity index (χ0n) is 17.3. The number of hydrogen-bond acceptors (Lipinski definition) is 6. The lowest BCUT2D eigenvalue weighted by Crippen LogP contribution is -2.47. The van der Waals surface area contributed by atoms with Crippen molar-refractivity contribution in [1.82, 2.24) is 25.8 Å². The predicted octanol–water partition coefficient (Wildman–Crippen LogP) is 2.87. The summed E-state index contributed by atoms with van der Waals surface area (Å²) in [5.41, 5.74) is 6.70. The van der Waals surface area contributed by atoms with Gasteiger partial charge in [0.2, 0.25) is 0 Å². The van der Waals surface area contributed by atoms with E-state index in [-0.39, 0.29) is 23.7 Å². The summed E-state index contributed by atoms with van der Waals surface area (Å²) in [5.74, 6) is -1.92. The van der Waals surface area contributed by atoms with Gasteiger partial charge in [-0.15, -0.1) is 5.10 Å². The zero-order valence-corrected chi connectivity index (χ0v) is 18.0. The number of nitrogens with zero attached hydrogens (tertiary/aromatic N) is 3. The van der Waals surface area contributed by atoms with E-state index in [4.69, 9.17) is 16.7 Å². The fourth-order valence-electron chi connectivity index (χ4n) is 3.34. The Morgan fingerprint density at radius 2 is 1.76 bits per heavy atom. The number of carbonyl (C=O) groups excluding carboxylic acids is 1. The summed E-state index contributed by atoms with van der Waals surface area (Å²) in [4.78, 5) is 24.0. The van der Waals surface area contributed by atoms with Crippen molar-refractivity contribution in [3.63, 3.8) is 0 Å². The molecule has 0 saturated carbocycles. The second-order valence-corrected chi connectivity index (χ2v) is 7.81. The van der Waals surface area contributed by atoms with Gasteiger partial charge in [-0.2, -0.15) is 0 Å². The normalized spacial score (nSPS) is 12.1. The number of carboxylic acids is 1. The number of aliphatic hydroxyl groups is 1. The highest BCUT2D eigenvalue weighted by molar-refractivity contribution is 6.35. The van der Waals surface area contributed by atoms with E-state index in [0.717, 1.165) is 16.7 Å². The minimum Gasteiger partial charge on any atom is -0.479 e. The number of rotatable bonds is 8. The molecule has 4 N–H and O–H groups in total. The third-order valence-electron chi connectivity index (χ3n) is 5.02. The molecule has 0 spiro atoms. The van der Waals surface area contributed by atoms with Gasteiger partial charge in [-0.1, -0.05) is 71.4 Å². The van der Waals surface area contributed by atoms with Gasteiger partial charge in [-0.05, 0) is 28.8 Å². The van der Waals surface area contributed by atoms with Crippen LogP contribution in [0.15, 0.2) is 66.7 Å². The lowest BCUT2D eigenvalue weighted by atomic mass is 10.0. The van der Waals surface area contributed by atoms with Crippen LogP contribution in [0.25, 0.3) is 22.2 Å². The van der Waals surface area contributed by atoms with E-state index in [1.54, 1.807) is 0 Å². The largest absolute Gasteiger partial charge is 0.479 e. The maximum atomic E-state index is 12.9. The van der Waals surface area contributed by atoms with Gasteiger partial charge in [-0.25, -0.2) is 9.80 Å². The fraction of sp³-hybridized carbons (Fsp3) is 0.130. The molecule has 10 heteroatoms. The number of aromatic amines is 1. The maximum Gasteiger partial charge on any atom is 0.333 e. The van der Waals surface area contributed by atoms with Crippen molar-refractivity contribution in [3.8, 4) is 11.1 Å². The van der Waals surface area contributed by atoms with Crippen LogP contribution < -0.4 is 5.43 Å². The lowest BCUT2D eigenvalue weighted by Gasteiger charge is -2.24. The number of nitrogens with one attached hydrogen (secondary N) is 2. The highest BCUT2D eigenvalue weighted by Crippen LogP contribution is 2.22. The number of hydrogen-bond donors (Lipinski definition) is 4. The van der Waals surface area contributed by atoms with Gasteiger partial charge in [-0.3, -0.25) is 15.3 Å². The van der Waals surface area contributed by atoms with E-state index in [0.29, 0.717) is 11.0 Å². The summed E-state index contributed by atoms with van der Waals surface area (Å²) in [6.07, 6.45) is -1.68. The van der Waals surface area contributed by atoms with E-state index in [1.807, 2.05) is 54.6 Å². The minimum absolute atomic E-state index is 0.172. The molecule has 3 aromatic carbocycles. The molecule has 33 heavy (non-hydrogen) atoms. The van der Waals surface area contributed by atoms with Crippen LogP contribution in [0.3, 0.4) is 0 Å². The maximum absolute atomic E-state index is 12.9. The number of aromatic nitrogens is 3. The fourth-order valence-corrected chi connectivity index (χ4v) is 3.60.